The molecule has 1 aromatic carbocycles. The maximum atomic E-state index is 13.3. The fourth-order valence-electron chi connectivity index (χ4n) is 2.99. The van der Waals surface area contributed by atoms with E-state index >= 15 is 0 Å². The predicted molar refractivity (Wildman–Crippen MR) is 77.0 cm³/mol. The van der Waals surface area contributed by atoms with Crippen LogP contribution in [-0.4, -0.2) is 18.1 Å². The molecule has 2 rings (SSSR count). The Bertz CT molecular complexity index is 501. The van der Waals surface area contributed by atoms with Gasteiger partial charge in [0.1, 0.15) is 11.4 Å². The molecule has 0 aromatic heterocycles. The molecule has 1 saturated carbocycles. The minimum atomic E-state index is -0.743. The third kappa shape index (κ3) is 3.11. The standard InChI is InChI=1S/C16H22FNO2/c1-4-20-14(19)16(9-8-15(2,3)11-16)18-13-7-5-6-12(17)10-13/h5-7,10,18H,4,8-9,11H2,1-3H3. The van der Waals surface area contributed by atoms with Crippen LogP contribution in [0.15, 0.2) is 24.3 Å². The fraction of sp³-hybridized carbons (Fsp3) is 0.562. The number of hydrogen-bond acceptors (Lipinski definition) is 3. The van der Waals surface area contributed by atoms with Crippen LogP contribution in [0.25, 0.3) is 0 Å². The van der Waals surface area contributed by atoms with Crippen molar-refractivity contribution >= 4 is 11.7 Å². The monoisotopic (exact) mass is 279 g/mol. The maximum Gasteiger partial charge on any atom is 0.331 e. The van der Waals surface area contributed by atoms with Crippen molar-refractivity contribution < 1.29 is 13.9 Å². The van der Waals surface area contributed by atoms with Gasteiger partial charge in [-0.3, -0.25) is 0 Å². The van der Waals surface area contributed by atoms with Gasteiger partial charge in [-0.2, -0.15) is 0 Å². The molecule has 1 atom stereocenters. The molecule has 0 heterocycles. The van der Waals surface area contributed by atoms with E-state index in [9.17, 15) is 9.18 Å². The van der Waals surface area contributed by atoms with Crippen molar-refractivity contribution in [3.63, 3.8) is 0 Å². The van der Waals surface area contributed by atoms with Crippen molar-refractivity contribution in [3.8, 4) is 0 Å². The molecule has 1 unspecified atom stereocenters. The zero-order valence-corrected chi connectivity index (χ0v) is 12.3. The van der Waals surface area contributed by atoms with Crippen molar-refractivity contribution in [3.05, 3.63) is 30.1 Å². The summed E-state index contributed by atoms with van der Waals surface area (Å²) in [4.78, 5) is 12.4. The van der Waals surface area contributed by atoms with E-state index in [0.29, 0.717) is 25.1 Å². The molecule has 0 radical (unpaired) electrons. The lowest BCUT2D eigenvalue weighted by Gasteiger charge is -2.30. The molecule has 4 heteroatoms. The largest absolute Gasteiger partial charge is 0.464 e. The molecule has 1 fully saturated rings. The van der Waals surface area contributed by atoms with Crippen molar-refractivity contribution in [1.82, 2.24) is 0 Å². The molecule has 3 nitrogen and oxygen atoms in total. The Morgan fingerprint density at radius 3 is 2.70 bits per heavy atom. The van der Waals surface area contributed by atoms with E-state index in [4.69, 9.17) is 4.74 Å². The van der Waals surface area contributed by atoms with E-state index in [1.165, 1.54) is 12.1 Å². The first-order chi connectivity index (χ1) is 9.37. The number of halogens is 1. The van der Waals surface area contributed by atoms with Crippen molar-refractivity contribution in [2.75, 3.05) is 11.9 Å². The maximum absolute atomic E-state index is 13.3. The highest BCUT2D eigenvalue weighted by molar-refractivity contribution is 5.85. The van der Waals surface area contributed by atoms with Crippen LogP contribution in [0, 0.1) is 11.2 Å². The number of anilines is 1. The summed E-state index contributed by atoms with van der Waals surface area (Å²) in [6.45, 7) is 6.43. The van der Waals surface area contributed by atoms with Gasteiger partial charge in [0.25, 0.3) is 0 Å². The van der Waals surface area contributed by atoms with E-state index in [1.807, 2.05) is 0 Å². The Hall–Kier alpha value is -1.58. The zero-order valence-electron chi connectivity index (χ0n) is 12.3. The number of carbonyl (C=O) groups excluding carboxylic acids is 1. The first-order valence-electron chi connectivity index (χ1n) is 7.08. The first kappa shape index (κ1) is 14.8. The van der Waals surface area contributed by atoms with Gasteiger partial charge < -0.3 is 10.1 Å². The second-order valence-corrected chi connectivity index (χ2v) is 6.28. The molecule has 0 amide bonds. The summed E-state index contributed by atoms with van der Waals surface area (Å²) >= 11 is 0. The molecular weight excluding hydrogens is 257 g/mol. The Kier molecular flexibility index (Phi) is 4.02. The van der Waals surface area contributed by atoms with Crippen LogP contribution < -0.4 is 5.32 Å². The predicted octanol–water partition coefficient (Wildman–Crippen LogP) is 3.75. The zero-order chi connectivity index (χ0) is 14.8. The van der Waals surface area contributed by atoms with Crippen LogP contribution in [0.3, 0.4) is 0 Å². The summed E-state index contributed by atoms with van der Waals surface area (Å²) < 4.78 is 18.5. The van der Waals surface area contributed by atoms with Gasteiger partial charge in [0.2, 0.25) is 0 Å². The molecule has 110 valence electrons. The quantitative estimate of drug-likeness (QED) is 0.853. The average Bonchev–Trinajstić information content (AvgIpc) is 2.66. The molecule has 1 N–H and O–H groups in total. The second-order valence-electron chi connectivity index (χ2n) is 6.28. The highest BCUT2D eigenvalue weighted by atomic mass is 19.1. The number of ether oxygens (including phenoxy) is 1. The molecule has 0 saturated heterocycles. The van der Waals surface area contributed by atoms with Gasteiger partial charge in [-0.1, -0.05) is 19.9 Å². The number of esters is 1. The van der Waals surface area contributed by atoms with E-state index in [0.717, 1.165) is 6.42 Å². The summed E-state index contributed by atoms with van der Waals surface area (Å²) in [5.41, 5.74) is -0.0452. The van der Waals surface area contributed by atoms with Crippen molar-refractivity contribution in [1.29, 1.82) is 0 Å². The van der Waals surface area contributed by atoms with Crippen LogP contribution in [0.1, 0.15) is 40.0 Å². The molecule has 0 aliphatic heterocycles. The third-order valence-corrected chi connectivity index (χ3v) is 3.88. The highest BCUT2D eigenvalue weighted by Crippen LogP contribution is 2.45. The lowest BCUT2D eigenvalue weighted by atomic mass is 9.87. The van der Waals surface area contributed by atoms with Gasteiger partial charge in [-0.15, -0.1) is 0 Å². The normalized spacial score (nSPS) is 24.4. The number of hydrogen-bond donors (Lipinski definition) is 1. The second kappa shape index (κ2) is 5.43. The van der Waals surface area contributed by atoms with E-state index in [2.05, 4.69) is 19.2 Å². The van der Waals surface area contributed by atoms with Gasteiger partial charge in [0.05, 0.1) is 6.61 Å². The van der Waals surface area contributed by atoms with Crippen LogP contribution in [0.5, 0.6) is 0 Å². The summed E-state index contributed by atoms with van der Waals surface area (Å²) in [5.74, 6) is -0.555. The number of nitrogens with one attached hydrogen (secondary N) is 1. The van der Waals surface area contributed by atoms with E-state index < -0.39 is 5.54 Å². The molecule has 20 heavy (non-hydrogen) atoms. The minimum Gasteiger partial charge on any atom is -0.464 e. The minimum absolute atomic E-state index is 0.0765. The van der Waals surface area contributed by atoms with Gasteiger partial charge in [-0.25, -0.2) is 9.18 Å². The van der Waals surface area contributed by atoms with Crippen molar-refractivity contribution in [2.45, 2.75) is 45.6 Å². The Labute approximate surface area is 119 Å². The number of rotatable bonds is 4. The lowest BCUT2D eigenvalue weighted by Crippen LogP contribution is -2.46. The molecule has 0 spiro atoms. The Balaban J connectivity index is 2.26. The van der Waals surface area contributed by atoms with Gasteiger partial charge in [0, 0.05) is 5.69 Å². The first-order valence-corrected chi connectivity index (χ1v) is 7.08. The third-order valence-electron chi connectivity index (χ3n) is 3.88. The van der Waals surface area contributed by atoms with Gasteiger partial charge in [-0.05, 0) is 49.8 Å². The number of benzene rings is 1. The van der Waals surface area contributed by atoms with E-state index in [1.54, 1.807) is 19.1 Å². The molecule has 1 aliphatic carbocycles. The van der Waals surface area contributed by atoms with Crippen LogP contribution in [0.2, 0.25) is 0 Å². The van der Waals surface area contributed by atoms with Gasteiger partial charge >= 0.3 is 5.97 Å². The SMILES string of the molecule is CCOC(=O)C1(Nc2cccc(F)c2)CCC(C)(C)C1. The Morgan fingerprint density at radius 1 is 1.40 bits per heavy atom. The summed E-state index contributed by atoms with van der Waals surface area (Å²) in [6, 6.07) is 6.21. The van der Waals surface area contributed by atoms with Crippen LogP contribution >= 0.6 is 0 Å². The lowest BCUT2D eigenvalue weighted by molar-refractivity contribution is -0.148. The van der Waals surface area contributed by atoms with Crippen LogP contribution in [-0.2, 0) is 9.53 Å². The highest BCUT2D eigenvalue weighted by Gasteiger charge is 2.49. The topological polar surface area (TPSA) is 38.3 Å². The Morgan fingerprint density at radius 2 is 2.15 bits per heavy atom. The smallest absolute Gasteiger partial charge is 0.331 e. The van der Waals surface area contributed by atoms with Gasteiger partial charge in [0.15, 0.2) is 0 Å². The molecule has 1 aromatic rings. The molecule has 0 bridgehead atoms. The number of carbonyl (C=O) groups is 1. The van der Waals surface area contributed by atoms with Crippen molar-refractivity contribution in [2.24, 2.45) is 5.41 Å². The molecular formula is C16H22FNO2. The fourth-order valence-corrected chi connectivity index (χ4v) is 2.99. The summed E-state index contributed by atoms with van der Waals surface area (Å²) in [6.07, 6.45) is 2.33. The molecule has 1 aliphatic rings. The summed E-state index contributed by atoms with van der Waals surface area (Å²) in [7, 11) is 0. The average molecular weight is 279 g/mol. The van der Waals surface area contributed by atoms with Crippen LogP contribution in [0.4, 0.5) is 10.1 Å². The van der Waals surface area contributed by atoms with E-state index in [-0.39, 0.29) is 17.2 Å². The summed E-state index contributed by atoms with van der Waals surface area (Å²) in [5, 5.41) is 3.22.